The normalized spacial score (nSPS) is 11.5. The average molecular weight is 338 g/mol. The van der Waals surface area contributed by atoms with Crippen LogP contribution in [0, 0.1) is 20.8 Å². The first-order valence-corrected chi connectivity index (χ1v) is 9.67. The molecule has 3 aromatic rings. The van der Waals surface area contributed by atoms with Gasteiger partial charge in [0, 0.05) is 10.8 Å². The number of fused-ring (bicyclic) bond motifs is 3. The molecule has 1 aromatic heterocycles. The second-order valence-electron chi connectivity index (χ2n) is 7.26. The summed E-state index contributed by atoms with van der Waals surface area (Å²) in [6.07, 6.45) is 7.71. The smallest absolute Gasteiger partial charge is 0.135 e. The maximum atomic E-state index is 6.08. The molecule has 0 aliphatic carbocycles. The van der Waals surface area contributed by atoms with Gasteiger partial charge in [-0.1, -0.05) is 39.0 Å². The predicted octanol–water partition coefficient (Wildman–Crippen LogP) is 7.25. The quantitative estimate of drug-likeness (QED) is 0.403. The van der Waals surface area contributed by atoms with Gasteiger partial charge in [0.1, 0.15) is 16.9 Å². The summed E-state index contributed by atoms with van der Waals surface area (Å²) >= 11 is 0. The highest BCUT2D eigenvalue weighted by atomic mass is 16.5. The molecule has 0 N–H and O–H groups in total. The Bertz CT molecular complexity index is 858. The van der Waals surface area contributed by atoms with E-state index in [1.807, 2.05) is 0 Å². The minimum atomic E-state index is 0.798. The van der Waals surface area contributed by atoms with Crippen molar-refractivity contribution in [3.05, 3.63) is 41.0 Å². The number of benzene rings is 2. The number of aryl methyl sites for hydroxylation is 3. The van der Waals surface area contributed by atoms with Gasteiger partial charge in [0.15, 0.2) is 0 Å². The molecule has 0 fully saturated rings. The fraction of sp³-hybridized carbons (Fsp3) is 0.478. The highest BCUT2D eigenvalue weighted by Gasteiger charge is 2.12. The van der Waals surface area contributed by atoms with Gasteiger partial charge >= 0.3 is 0 Å². The van der Waals surface area contributed by atoms with E-state index < -0.39 is 0 Å². The van der Waals surface area contributed by atoms with E-state index in [1.54, 1.807) is 0 Å². The standard InChI is InChI=1S/C23H30O2/c1-5-6-7-8-9-10-11-24-21-15-20-19-12-16(2)17(3)13-22(19)25-23(20)14-18(21)4/h12-15H,5-11H2,1-4H3. The van der Waals surface area contributed by atoms with Gasteiger partial charge in [0.2, 0.25) is 0 Å². The third kappa shape index (κ3) is 4.00. The summed E-state index contributed by atoms with van der Waals surface area (Å²) in [6, 6.07) is 8.62. The zero-order valence-electron chi connectivity index (χ0n) is 16.1. The molecule has 2 heteroatoms. The van der Waals surface area contributed by atoms with Crippen LogP contribution in [-0.2, 0) is 0 Å². The lowest BCUT2D eigenvalue weighted by Crippen LogP contribution is -1.98. The van der Waals surface area contributed by atoms with Crippen LogP contribution >= 0.6 is 0 Å². The number of hydrogen-bond acceptors (Lipinski definition) is 2. The van der Waals surface area contributed by atoms with E-state index in [1.165, 1.54) is 48.6 Å². The van der Waals surface area contributed by atoms with Crippen LogP contribution in [0.3, 0.4) is 0 Å². The molecule has 0 aliphatic rings. The van der Waals surface area contributed by atoms with Gasteiger partial charge in [-0.3, -0.25) is 0 Å². The second kappa shape index (κ2) is 7.95. The number of unbranched alkanes of at least 4 members (excludes halogenated alkanes) is 5. The molecule has 134 valence electrons. The van der Waals surface area contributed by atoms with Gasteiger partial charge in [-0.25, -0.2) is 0 Å². The number of furan rings is 1. The molecule has 25 heavy (non-hydrogen) atoms. The summed E-state index contributed by atoms with van der Waals surface area (Å²) in [5.41, 5.74) is 5.62. The molecule has 0 saturated carbocycles. The van der Waals surface area contributed by atoms with Crippen LogP contribution in [0.4, 0.5) is 0 Å². The third-order valence-electron chi connectivity index (χ3n) is 5.14. The van der Waals surface area contributed by atoms with E-state index in [-0.39, 0.29) is 0 Å². The maximum absolute atomic E-state index is 6.08. The Hall–Kier alpha value is -1.96. The fourth-order valence-corrected chi connectivity index (χ4v) is 3.38. The van der Waals surface area contributed by atoms with Crippen molar-refractivity contribution in [2.75, 3.05) is 6.61 Å². The third-order valence-corrected chi connectivity index (χ3v) is 5.14. The van der Waals surface area contributed by atoms with Crippen LogP contribution in [0.15, 0.2) is 28.7 Å². The summed E-state index contributed by atoms with van der Waals surface area (Å²) in [4.78, 5) is 0. The van der Waals surface area contributed by atoms with Crippen molar-refractivity contribution >= 4 is 21.9 Å². The SMILES string of the molecule is CCCCCCCCOc1cc2c(cc1C)oc1cc(C)c(C)cc12. The Morgan fingerprint density at radius 1 is 0.720 bits per heavy atom. The summed E-state index contributed by atoms with van der Waals surface area (Å²) < 4.78 is 12.1. The Kier molecular flexibility index (Phi) is 5.67. The van der Waals surface area contributed by atoms with E-state index in [9.17, 15) is 0 Å². The van der Waals surface area contributed by atoms with E-state index >= 15 is 0 Å². The summed E-state index contributed by atoms with van der Waals surface area (Å²) in [5, 5.41) is 2.34. The molecule has 0 saturated heterocycles. The van der Waals surface area contributed by atoms with Crippen molar-refractivity contribution in [2.45, 2.75) is 66.2 Å². The molecule has 2 nitrogen and oxygen atoms in total. The predicted molar refractivity (Wildman–Crippen MR) is 107 cm³/mol. The van der Waals surface area contributed by atoms with E-state index in [2.05, 4.69) is 52.0 Å². The Morgan fingerprint density at radius 2 is 1.32 bits per heavy atom. The van der Waals surface area contributed by atoms with E-state index in [0.29, 0.717) is 0 Å². The van der Waals surface area contributed by atoms with Crippen LogP contribution in [0.25, 0.3) is 21.9 Å². The van der Waals surface area contributed by atoms with Crippen LogP contribution in [-0.4, -0.2) is 6.61 Å². The second-order valence-corrected chi connectivity index (χ2v) is 7.26. The highest BCUT2D eigenvalue weighted by Crippen LogP contribution is 2.35. The molecule has 0 unspecified atom stereocenters. The van der Waals surface area contributed by atoms with Gasteiger partial charge < -0.3 is 9.15 Å². The van der Waals surface area contributed by atoms with Gasteiger partial charge in [-0.2, -0.15) is 0 Å². The minimum Gasteiger partial charge on any atom is -0.493 e. The summed E-state index contributed by atoms with van der Waals surface area (Å²) in [7, 11) is 0. The van der Waals surface area contributed by atoms with Crippen molar-refractivity contribution in [1.29, 1.82) is 0 Å². The highest BCUT2D eigenvalue weighted by molar-refractivity contribution is 6.06. The molecule has 2 aromatic carbocycles. The zero-order valence-corrected chi connectivity index (χ0v) is 16.1. The zero-order chi connectivity index (χ0) is 17.8. The van der Waals surface area contributed by atoms with Gasteiger partial charge in [0.05, 0.1) is 6.61 Å². The Morgan fingerprint density at radius 3 is 2.08 bits per heavy atom. The largest absolute Gasteiger partial charge is 0.493 e. The molecular weight excluding hydrogens is 308 g/mol. The average Bonchev–Trinajstić information content (AvgIpc) is 2.90. The molecule has 0 amide bonds. The monoisotopic (exact) mass is 338 g/mol. The summed E-state index contributed by atoms with van der Waals surface area (Å²) in [6.45, 7) is 9.43. The first-order chi connectivity index (χ1) is 12.1. The van der Waals surface area contributed by atoms with Crippen molar-refractivity contribution in [1.82, 2.24) is 0 Å². The summed E-state index contributed by atoms with van der Waals surface area (Å²) in [5.74, 6) is 0.988. The first-order valence-electron chi connectivity index (χ1n) is 9.67. The molecule has 1 heterocycles. The van der Waals surface area contributed by atoms with E-state index in [4.69, 9.17) is 9.15 Å². The lowest BCUT2D eigenvalue weighted by Gasteiger charge is -2.09. The molecule has 0 aliphatic heterocycles. The lowest BCUT2D eigenvalue weighted by molar-refractivity contribution is 0.303. The molecule has 0 radical (unpaired) electrons. The number of rotatable bonds is 8. The van der Waals surface area contributed by atoms with Crippen molar-refractivity contribution in [2.24, 2.45) is 0 Å². The van der Waals surface area contributed by atoms with Crippen molar-refractivity contribution in [3.63, 3.8) is 0 Å². The minimum absolute atomic E-state index is 0.798. The van der Waals surface area contributed by atoms with Crippen LogP contribution in [0.5, 0.6) is 5.75 Å². The maximum Gasteiger partial charge on any atom is 0.135 e. The Balaban J connectivity index is 1.74. The van der Waals surface area contributed by atoms with Crippen LogP contribution < -0.4 is 4.74 Å². The molecule has 0 bridgehead atoms. The topological polar surface area (TPSA) is 22.4 Å². The first kappa shape index (κ1) is 17.8. The molecular formula is C23H30O2. The molecule has 3 rings (SSSR count). The van der Waals surface area contributed by atoms with Gasteiger partial charge in [0.25, 0.3) is 0 Å². The Labute approximate surface area is 151 Å². The number of hydrogen-bond donors (Lipinski definition) is 0. The fourth-order valence-electron chi connectivity index (χ4n) is 3.38. The van der Waals surface area contributed by atoms with Crippen LogP contribution in [0.1, 0.15) is 62.1 Å². The van der Waals surface area contributed by atoms with Crippen LogP contribution in [0.2, 0.25) is 0 Å². The van der Waals surface area contributed by atoms with Gasteiger partial charge in [-0.15, -0.1) is 0 Å². The molecule has 0 atom stereocenters. The number of ether oxygens (including phenoxy) is 1. The van der Waals surface area contributed by atoms with Crippen molar-refractivity contribution < 1.29 is 9.15 Å². The van der Waals surface area contributed by atoms with Gasteiger partial charge in [-0.05, 0) is 68.1 Å². The lowest BCUT2D eigenvalue weighted by atomic mass is 10.0. The molecule has 0 spiro atoms. The van der Waals surface area contributed by atoms with Crippen molar-refractivity contribution in [3.8, 4) is 5.75 Å². The van der Waals surface area contributed by atoms with E-state index in [0.717, 1.165) is 40.9 Å².